The number of rotatable bonds is 4. The second-order valence-electron chi connectivity index (χ2n) is 5.53. The molecule has 5 nitrogen and oxygen atoms in total. The Morgan fingerprint density at radius 2 is 2.09 bits per heavy atom. The second-order valence-corrected chi connectivity index (χ2v) is 5.53. The summed E-state index contributed by atoms with van der Waals surface area (Å²) in [7, 11) is 0. The number of aromatic nitrogens is 2. The van der Waals surface area contributed by atoms with E-state index >= 15 is 0 Å². The largest absolute Gasteiger partial charge is 0.349 e. The third-order valence-electron chi connectivity index (χ3n) is 4.22. The van der Waals surface area contributed by atoms with Crippen molar-refractivity contribution >= 4 is 18.3 Å². The van der Waals surface area contributed by atoms with Crippen molar-refractivity contribution in [1.82, 2.24) is 15.5 Å². The van der Waals surface area contributed by atoms with Crippen LogP contribution in [0.5, 0.6) is 0 Å². The molecular formula is C16H21ClN4O. The highest BCUT2D eigenvalue weighted by Crippen LogP contribution is 2.26. The van der Waals surface area contributed by atoms with E-state index in [1.165, 1.54) is 0 Å². The molecule has 3 rings (SSSR count). The maximum atomic E-state index is 12.5. The Kier molecular flexibility index (Phi) is 5.57. The van der Waals surface area contributed by atoms with Crippen molar-refractivity contribution in [2.24, 2.45) is 11.7 Å². The van der Waals surface area contributed by atoms with E-state index in [1.807, 2.05) is 30.3 Å². The lowest BCUT2D eigenvalue weighted by Gasteiger charge is -2.19. The lowest BCUT2D eigenvalue weighted by molar-refractivity contribution is 0.0929. The van der Waals surface area contributed by atoms with Crippen LogP contribution in [0.1, 0.15) is 29.6 Å². The van der Waals surface area contributed by atoms with E-state index in [0.29, 0.717) is 18.0 Å². The number of nitrogens with two attached hydrogens (primary N) is 1. The monoisotopic (exact) mass is 320 g/mol. The zero-order chi connectivity index (χ0) is 14.7. The minimum atomic E-state index is -0.0760. The molecule has 0 saturated heterocycles. The van der Waals surface area contributed by atoms with Gasteiger partial charge in [0.25, 0.3) is 5.91 Å². The molecule has 0 aliphatic heterocycles. The highest BCUT2D eigenvalue weighted by molar-refractivity contribution is 5.99. The van der Waals surface area contributed by atoms with Crippen LogP contribution < -0.4 is 11.1 Å². The number of hydrogen-bond acceptors (Lipinski definition) is 3. The molecule has 1 saturated carbocycles. The topological polar surface area (TPSA) is 83.8 Å². The van der Waals surface area contributed by atoms with E-state index in [0.717, 1.165) is 30.5 Å². The first-order valence-electron chi connectivity index (χ1n) is 7.39. The molecule has 1 aromatic carbocycles. The maximum Gasteiger partial charge on any atom is 0.255 e. The summed E-state index contributed by atoms with van der Waals surface area (Å²) in [5.74, 6) is 0.314. The summed E-state index contributed by atoms with van der Waals surface area (Å²) < 4.78 is 0. The number of amides is 1. The van der Waals surface area contributed by atoms with E-state index in [2.05, 4.69) is 15.5 Å². The normalized spacial score (nSPS) is 20.4. The standard InChI is InChI=1S/C16H20N4O.ClH/c17-9-12-7-4-8-14(12)19-16(21)13-10-18-20-15(13)11-5-2-1-3-6-11;/h1-3,5-6,10,12,14H,4,7-9,17H2,(H,18,20)(H,19,21);1H. The molecule has 2 aromatic rings. The number of H-pyrrole nitrogens is 1. The molecule has 22 heavy (non-hydrogen) atoms. The lowest BCUT2D eigenvalue weighted by Crippen LogP contribution is -2.39. The molecule has 2 atom stereocenters. The van der Waals surface area contributed by atoms with Crippen molar-refractivity contribution in [3.05, 3.63) is 42.1 Å². The number of aromatic amines is 1. The summed E-state index contributed by atoms with van der Waals surface area (Å²) >= 11 is 0. The molecule has 1 aliphatic rings. The van der Waals surface area contributed by atoms with Crippen molar-refractivity contribution in [1.29, 1.82) is 0 Å². The zero-order valence-corrected chi connectivity index (χ0v) is 13.1. The molecule has 0 bridgehead atoms. The van der Waals surface area contributed by atoms with Crippen molar-refractivity contribution in [2.75, 3.05) is 6.54 Å². The Balaban J connectivity index is 0.00000176. The van der Waals surface area contributed by atoms with Gasteiger partial charge in [0.15, 0.2) is 0 Å². The number of carbonyl (C=O) groups is 1. The number of carbonyl (C=O) groups excluding carboxylic acids is 1. The van der Waals surface area contributed by atoms with Gasteiger partial charge in [0.1, 0.15) is 0 Å². The van der Waals surface area contributed by atoms with Crippen molar-refractivity contribution < 1.29 is 4.79 Å². The van der Waals surface area contributed by atoms with E-state index < -0.39 is 0 Å². The van der Waals surface area contributed by atoms with Crippen LogP contribution in [0.3, 0.4) is 0 Å². The fourth-order valence-corrected chi connectivity index (χ4v) is 3.04. The minimum Gasteiger partial charge on any atom is -0.349 e. The summed E-state index contributed by atoms with van der Waals surface area (Å²) in [6.45, 7) is 0.627. The van der Waals surface area contributed by atoms with Crippen LogP contribution in [0, 0.1) is 5.92 Å². The maximum absolute atomic E-state index is 12.5. The molecular weight excluding hydrogens is 300 g/mol. The minimum absolute atomic E-state index is 0. The summed E-state index contributed by atoms with van der Waals surface area (Å²) in [5.41, 5.74) is 8.08. The van der Waals surface area contributed by atoms with Gasteiger partial charge in [0.2, 0.25) is 0 Å². The van der Waals surface area contributed by atoms with E-state index in [9.17, 15) is 4.79 Å². The number of halogens is 1. The Labute approximate surface area is 136 Å². The molecule has 1 aliphatic carbocycles. The van der Waals surface area contributed by atoms with Crippen molar-refractivity contribution in [3.63, 3.8) is 0 Å². The first-order valence-corrected chi connectivity index (χ1v) is 7.39. The van der Waals surface area contributed by atoms with Crippen LogP contribution in [0.25, 0.3) is 11.3 Å². The molecule has 1 fully saturated rings. The molecule has 1 aromatic heterocycles. The molecule has 0 radical (unpaired) electrons. The molecule has 1 heterocycles. The summed E-state index contributed by atoms with van der Waals surface area (Å²) in [6, 6.07) is 9.94. The van der Waals surface area contributed by atoms with Crippen LogP contribution in [-0.2, 0) is 0 Å². The summed E-state index contributed by atoms with van der Waals surface area (Å²) in [6.07, 6.45) is 4.82. The fourth-order valence-electron chi connectivity index (χ4n) is 3.04. The average Bonchev–Trinajstić information content (AvgIpc) is 3.16. The van der Waals surface area contributed by atoms with Gasteiger partial charge in [-0.25, -0.2) is 0 Å². The van der Waals surface area contributed by atoms with Crippen LogP contribution in [0.2, 0.25) is 0 Å². The Morgan fingerprint density at radius 3 is 2.82 bits per heavy atom. The molecule has 2 unspecified atom stereocenters. The predicted molar refractivity (Wildman–Crippen MR) is 88.9 cm³/mol. The van der Waals surface area contributed by atoms with Gasteiger partial charge >= 0.3 is 0 Å². The first kappa shape index (κ1) is 16.5. The van der Waals surface area contributed by atoms with Gasteiger partial charge in [0, 0.05) is 11.6 Å². The zero-order valence-electron chi connectivity index (χ0n) is 12.3. The van der Waals surface area contributed by atoms with Gasteiger partial charge in [-0.15, -0.1) is 12.4 Å². The van der Waals surface area contributed by atoms with Gasteiger partial charge in [-0.3, -0.25) is 9.89 Å². The van der Waals surface area contributed by atoms with Gasteiger partial charge in [-0.2, -0.15) is 5.10 Å². The fraction of sp³-hybridized carbons (Fsp3) is 0.375. The molecule has 118 valence electrons. The average molecular weight is 321 g/mol. The van der Waals surface area contributed by atoms with Crippen LogP contribution >= 0.6 is 12.4 Å². The Bertz CT molecular complexity index is 614. The molecule has 4 N–H and O–H groups in total. The van der Waals surface area contributed by atoms with E-state index in [1.54, 1.807) is 6.20 Å². The van der Waals surface area contributed by atoms with E-state index in [-0.39, 0.29) is 24.4 Å². The number of nitrogens with zero attached hydrogens (tertiary/aromatic N) is 1. The second kappa shape index (κ2) is 7.42. The quantitative estimate of drug-likeness (QED) is 0.808. The summed E-state index contributed by atoms with van der Waals surface area (Å²) in [4.78, 5) is 12.5. The number of nitrogens with one attached hydrogen (secondary N) is 2. The van der Waals surface area contributed by atoms with Crippen molar-refractivity contribution in [2.45, 2.75) is 25.3 Å². The van der Waals surface area contributed by atoms with Gasteiger partial charge in [-0.1, -0.05) is 36.8 Å². The van der Waals surface area contributed by atoms with Gasteiger partial charge in [-0.05, 0) is 25.3 Å². The molecule has 1 amide bonds. The van der Waals surface area contributed by atoms with Gasteiger partial charge < -0.3 is 11.1 Å². The first-order chi connectivity index (χ1) is 10.3. The number of benzene rings is 1. The Hall–Kier alpha value is -1.85. The molecule has 0 spiro atoms. The highest BCUT2D eigenvalue weighted by Gasteiger charge is 2.28. The lowest BCUT2D eigenvalue weighted by atomic mass is 10.0. The van der Waals surface area contributed by atoms with Crippen LogP contribution in [0.15, 0.2) is 36.5 Å². The van der Waals surface area contributed by atoms with Crippen LogP contribution in [0.4, 0.5) is 0 Å². The van der Waals surface area contributed by atoms with E-state index in [4.69, 9.17) is 5.73 Å². The third-order valence-corrected chi connectivity index (χ3v) is 4.22. The van der Waals surface area contributed by atoms with Gasteiger partial charge in [0.05, 0.1) is 17.5 Å². The SMILES string of the molecule is Cl.NCC1CCCC1NC(=O)c1cn[nH]c1-c1ccccc1. The highest BCUT2D eigenvalue weighted by atomic mass is 35.5. The predicted octanol–water partition coefficient (Wildman–Crippen LogP) is 2.36. The molecule has 6 heteroatoms. The van der Waals surface area contributed by atoms with Crippen molar-refractivity contribution in [3.8, 4) is 11.3 Å². The smallest absolute Gasteiger partial charge is 0.255 e. The van der Waals surface area contributed by atoms with Crippen LogP contribution in [-0.4, -0.2) is 28.7 Å². The number of hydrogen-bond donors (Lipinski definition) is 3. The summed E-state index contributed by atoms with van der Waals surface area (Å²) in [5, 5.41) is 10.1. The third kappa shape index (κ3) is 3.31. The Morgan fingerprint density at radius 1 is 1.32 bits per heavy atom.